The van der Waals surface area contributed by atoms with Crippen molar-refractivity contribution in [3.8, 4) is 0 Å². The van der Waals surface area contributed by atoms with Crippen LogP contribution < -0.4 is 10.6 Å². The lowest BCUT2D eigenvalue weighted by molar-refractivity contribution is -0.133. The molecule has 2 N–H and O–H groups in total. The number of benzene rings is 1. The molecule has 0 radical (unpaired) electrons. The van der Waals surface area contributed by atoms with Crippen LogP contribution in [0.3, 0.4) is 0 Å². The Morgan fingerprint density at radius 1 is 1.09 bits per heavy atom. The van der Waals surface area contributed by atoms with Crippen molar-refractivity contribution in [2.45, 2.75) is 12.8 Å². The summed E-state index contributed by atoms with van der Waals surface area (Å²) >= 11 is 0. The van der Waals surface area contributed by atoms with Crippen LogP contribution >= 0.6 is 0 Å². The molecule has 118 valence electrons. The van der Waals surface area contributed by atoms with E-state index in [-0.39, 0.29) is 24.3 Å². The first kappa shape index (κ1) is 14.8. The molecule has 22 heavy (non-hydrogen) atoms. The van der Waals surface area contributed by atoms with Crippen LogP contribution in [0.4, 0.5) is 11.4 Å². The molecule has 1 aliphatic carbocycles. The number of hydrogen-bond acceptors (Lipinski definition) is 4. The first-order chi connectivity index (χ1) is 10.7. The van der Waals surface area contributed by atoms with Gasteiger partial charge in [-0.25, -0.2) is 0 Å². The molecule has 1 aromatic carbocycles. The molecule has 2 aliphatic rings. The second-order valence-electron chi connectivity index (χ2n) is 5.69. The van der Waals surface area contributed by atoms with E-state index in [1.807, 2.05) is 24.3 Å². The van der Waals surface area contributed by atoms with Crippen LogP contribution in [0.5, 0.6) is 0 Å². The predicted octanol–water partition coefficient (Wildman–Crippen LogP) is 1.31. The fourth-order valence-electron chi connectivity index (χ4n) is 2.36. The van der Waals surface area contributed by atoms with Gasteiger partial charge in [0, 0.05) is 30.4 Å². The molecule has 2 fully saturated rings. The number of nitrogens with zero attached hydrogens (tertiary/aromatic N) is 1. The molecular formula is C16H21N3O3. The number of rotatable bonds is 5. The molecule has 6 heteroatoms. The van der Waals surface area contributed by atoms with E-state index in [9.17, 15) is 9.59 Å². The normalized spacial score (nSPS) is 17.9. The van der Waals surface area contributed by atoms with Gasteiger partial charge >= 0.3 is 0 Å². The highest BCUT2D eigenvalue weighted by molar-refractivity contribution is 5.94. The number of carbonyl (C=O) groups is 2. The van der Waals surface area contributed by atoms with Crippen molar-refractivity contribution in [3.05, 3.63) is 24.3 Å². The summed E-state index contributed by atoms with van der Waals surface area (Å²) in [6, 6.07) is 7.44. The van der Waals surface area contributed by atoms with Crippen molar-refractivity contribution in [2.75, 3.05) is 43.5 Å². The summed E-state index contributed by atoms with van der Waals surface area (Å²) in [7, 11) is 0. The molecule has 1 aliphatic heterocycles. The molecule has 6 nitrogen and oxygen atoms in total. The van der Waals surface area contributed by atoms with Crippen LogP contribution in [0.25, 0.3) is 0 Å². The summed E-state index contributed by atoms with van der Waals surface area (Å²) in [6.45, 7) is 2.81. The second-order valence-corrected chi connectivity index (χ2v) is 5.69. The standard InChI is InChI=1S/C16H21N3O3/c20-15(19-7-9-22-10-8-19)11-17-13-3-5-14(6-4-13)18-16(21)12-1-2-12/h3-6,12,17H,1-2,7-11H2,(H,18,21). The average Bonchev–Trinajstić information content (AvgIpc) is 3.40. The summed E-state index contributed by atoms with van der Waals surface area (Å²) in [4.78, 5) is 25.5. The van der Waals surface area contributed by atoms with Crippen molar-refractivity contribution < 1.29 is 14.3 Å². The van der Waals surface area contributed by atoms with Crippen LogP contribution in [-0.4, -0.2) is 49.6 Å². The van der Waals surface area contributed by atoms with Gasteiger partial charge in [0.1, 0.15) is 0 Å². The van der Waals surface area contributed by atoms with Crippen molar-refractivity contribution in [3.63, 3.8) is 0 Å². The second kappa shape index (κ2) is 6.79. The van der Waals surface area contributed by atoms with Crippen LogP contribution in [-0.2, 0) is 14.3 Å². The van der Waals surface area contributed by atoms with Gasteiger partial charge in [-0.2, -0.15) is 0 Å². The summed E-state index contributed by atoms with van der Waals surface area (Å²) in [5, 5.41) is 6.00. The zero-order chi connectivity index (χ0) is 15.4. The van der Waals surface area contributed by atoms with Gasteiger partial charge in [-0.15, -0.1) is 0 Å². The minimum absolute atomic E-state index is 0.0782. The zero-order valence-electron chi connectivity index (χ0n) is 12.5. The topological polar surface area (TPSA) is 70.7 Å². The molecule has 0 atom stereocenters. The fourth-order valence-corrected chi connectivity index (χ4v) is 2.36. The molecule has 3 rings (SSSR count). The van der Waals surface area contributed by atoms with Gasteiger partial charge in [0.2, 0.25) is 11.8 Å². The molecule has 2 amide bonds. The Hall–Kier alpha value is -2.08. The van der Waals surface area contributed by atoms with Crippen molar-refractivity contribution in [2.24, 2.45) is 5.92 Å². The van der Waals surface area contributed by atoms with E-state index in [4.69, 9.17) is 4.74 Å². The van der Waals surface area contributed by atoms with E-state index >= 15 is 0 Å². The molecule has 1 aromatic rings. The highest BCUT2D eigenvalue weighted by atomic mass is 16.5. The van der Waals surface area contributed by atoms with E-state index < -0.39 is 0 Å². The average molecular weight is 303 g/mol. The predicted molar refractivity (Wildman–Crippen MR) is 83.7 cm³/mol. The molecule has 1 heterocycles. The lowest BCUT2D eigenvalue weighted by atomic mass is 10.2. The Morgan fingerprint density at radius 2 is 1.73 bits per heavy atom. The Bertz CT molecular complexity index is 534. The third kappa shape index (κ3) is 3.98. The summed E-state index contributed by atoms with van der Waals surface area (Å²) in [5.41, 5.74) is 1.66. The Balaban J connectivity index is 1.46. The lowest BCUT2D eigenvalue weighted by Gasteiger charge is -2.27. The smallest absolute Gasteiger partial charge is 0.242 e. The highest BCUT2D eigenvalue weighted by Gasteiger charge is 2.29. The van der Waals surface area contributed by atoms with E-state index in [2.05, 4.69) is 10.6 Å². The van der Waals surface area contributed by atoms with Gasteiger partial charge < -0.3 is 20.3 Å². The summed E-state index contributed by atoms with van der Waals surface area (Å²) in [5.74, 6) is 0.376. The largest absolute Gasteiger partial charge is 0.378 e. The molecular weight excluding hydrogens is 282 g/mol. The van der Waals surface area contributed by atoms with Gasteiger partial charge in [-0.05, 0) is 37.1 Å². The van der Waals surface area contributed by atoms with Gasteiger partial charge in [0.25, 0.3) is 0 Å². The van der Waals surface area contributed by atoms with Gasteiger partial charge in [0.15, 0.2) is 0 Å². The Kier molecular flexibility index (Phi) is 4.58. The maximum Gasteiger partial charge on any atom is 0.242 e. The third-order valence-corrected chi connectivity index (χ3v) is 3.91. The first-order valence-electron chi connectivity index (χ1n) is 7.73. The summed E-state index contributed by atoms with van der Waals surface area (Å²) < 4.78 is 5.23. The third-order valence-electron chi connectivity index (χ3n) is 3.91. The van der Waals surface area contributed by atoms with Crippen molar-refractivity contribution in [1.82, 2.24) is 4.90 Å². The first-order valence-corrected chi connectivity index (χ1v) is 7.73. The lowest BCUT2D eigenvalue weighted by Crippen LogP contribution is -2.43. The minimum Gasteiger partial charge on any atom is -0.378 e. The maximum absolute atomic E-state index is 12.0. The van der Waals surface area contributed by atoms with Crippen LogP contribution in [0, 0.1) is 5.92 Å². The van der Waals surface area contributed by atoms with Gasteiger partial charge in [-0.3, -0.25) is 9.59 Å². The highest BCUT2D eigenvalue weighted by Crippen LogP contribution is 2.30. The van der Waals surface area contributed by atoms with Crippen LogP contribution in [0.15, 0.2) is 24.3 Å². The maximum atomic E-state index is 12.0. The number of ether oxygens (including phenoxy) is 1. The fraction of sp³-hybridized carbons (Fsp3) is 0.500. The molecule has 1 saturated carbocycles. The van der Waals surface area contributed by atoms with Crippen LogP contribution in [0.1, 0.15) is 12.8 Å². The zero-order valence-corrected chi connectivity index (χ0v) is 12.5. The van der Waals surface area contributed by atoms with Crippen molar-refractivity contribution >= 4 is 23.2 Å². The molecule has 0 aromatic heterocycles. The number of nitrogens with one attached hydrogen (secondary N) is 2. The minimum atomic E-state index is 0.0782. The molecule has 0 unspecified atom stereocenters. The SMILES string of the molecule is O=C(Nc1ccc(NCC(=O)N2CCOCC2)cc1)C1CC1. The molecule has 0 spiro atoms. The van der Waals surface area contributed by atoms with E-state index in [1.165, 1.54) is 0 Å². The number of hydrogen-bond donors (Lipinski definition) is 2. The van der Waals surface area contributed by atoms with Gasteiger partial charge in [-0.1, -0.05) is 0 Å². The Morgan fingerprint density at radius 3 is 2.36 bits per heavy atom. The van der Waals surface area contributed by atoms with Crippen molar-refractivity contribution in [1.29, 1.82) is 0 Å². The van der Waals surface area contributed by atoms with Crippen LogP contribution in [0.2, 0.25) is 0 Å². The number of morpholine rings is 1. The monoisotopic (exact) mass is 303 g/mol. The molecule has 0 bridgehead atoms. The van der Waals surface area contributed by atoms with E-state index in [1.54, 1.807) is 4.90 Å². The molecule has 1 saturated heterocycles. The number of amides is 2. The van der Waals surface area contributed by atoms with Gasteiger partial charge in [0.05, 0.1) is 19.8 Å². The number of carbonyl (C=O) groups excluding carboxylic acids is 2. The Labute approximate surface area is 129 Å². The van der Waals surface area contributed by atoms with E-state index in [0.29, 0.717) is 26.3 Å². The quantitative estimate of drug-likeness (QED) is 0.860. The number of anilines is 2. The summed E-state index contributed by atoms with van der Waals surface area (Å²) in [6.07, 6.45) is 1.99. The van der Waals surface area contributed by atoms with E-state index in [0.717, 1.165) is 24.2 Å².